The molecule has 22 heavy (non-hydrogen) atoms. The number of sulfonamides is 1. The summed E-state index contributed by atoms with van der Waals surface area (Å²) in [6.45, 7) is 1.94. The van der Waals surface area contributed by atoms with Crippen molar-refractivity contribution >= 4 is 38.9 Å². The van der Waals surface area contributed by atoms with Crippen LogP contribution in [0.1, 0.15) is 19.8 Å². The summed E-state index contributed by atoms with van der Waals surface area (Å²) in [6.07, 6.45) is 1.42. The SMILES string of the molecule is CCCCS(=O)(=O)Nc1ccc(Nc2ccccc2Cl)nn1. The number of hydrogen-bond acceptors (Lipinski definition) is 5. The van der Waals surface area contributed by atoms with Crippen molar-refractivity contribution in [1.29, 1.82) is 0 Å². The fourth-order valence-corrected chi connectivity index (χ4v) is 3.08. The molecule has 0 aliphatic rings. The topological polar surface area (TPSA) is 84.0 Å². The van der Waals surface area contributed by atoms with Gasteiger partial charge in [-0.1, -0.05) is 37.1 Å². The number of halogens is 1. The first-order valence-corrected chi connectivity index (χ1v) is 8.89. The molecule has 0 spiro atoms. The minimum absolute atomic E-state index is 0.0742. The molecule has 0 radical (unpaired) electrons. The molecule has 0 aliphatic heterocycles. The van der Waals surface area contributed by atoms with Crippen LogP contribution in [0.4, 0.5) is 17.3 Å². The zero-order valence-electron chi connectivity index (χ0n) is 12.1. The summed E-state index contributed by atoms with van der Waals surface area (Å²) in [7, 11) is -3.37. The van der Waals surface area contributed by atoms with Gasteiger partial charge in [-0.2, -0.15) is 0 Å². The maximum Gasteiger partial charge on any atom is 0.233 e. The van der Waals surface area contributed by atoms with E-state index in [4.69, 9.17) is 11.6 Å². The molecule has 2 aromatic rings. The van der Waals surface area contributed by atoms with Gasteiger partial charge in [0.05, 0.1) is 16.5 Å². The molecule has 1 aromatic heterocycles. The van der Waals surface area contributed by atoms with E-state index < -0.39 is 10.0 Å². The molecule has 6 nitrogen and oxygen atoms in total. The molecule has 2 N–H and O–H groups in total. The van der Waals surface area contributed by atoms with E-state index in [-0.39, 0.29) is 11.6 Å². The lowest BCUT2D eigenvalue weighted by Gasteiger charge is -2.08. The molecule has 0 unspecified atom stereocenters. The van der Waals surface area contributed by atoms with E-state index in [0.29, 0.717) is 22.9 Å². The summed E-state index contributed by atoms with van der Waals surface area (Å²) in [6, 6.07) is 10.4. The van der Waals surface area contributed by atoms with Crippen LogP contribution in [-0.2, 0) is 10.0 Å². The fourth-order valence-electron chi connectivity index (χ4n) is 1.70. The minimum Gasteiger partial charge on any atom is -0.338 e. The van der Waals surface area contributed by atoms with Gasteiger partial charge in [-0.25, -0.2) is 8.42 Å². The largest absolute Gasteiger partial charge is 0.338 e. The zero-order valence-corrected chi connectivity index (χ0v) is 13.7. The first kappa shape index (κ1) is 16.5. The Bertz CT molecular complexity index is 720. The standard InChI is InChI=1S/C14H17ClN4O2S/c1-2-3-10-22(20,21)19-14-9-8-13(17-18-14)16-12-7-5-4-6-11(12)15/h4-9H,2-3,10H2,1H3,(H,16,17)(H,18,19). The van der Waals surface area contributed by atoms with Gasteiger partial charge >= 0.3 is 0 Å². The number of rotatable bonds is 7. The number of unbranched alkanes of at least 4 members (excludes halogenated alkanes) is 1. The molecular formula is C14H17ClN4O2S. The highest BCUT2D eigenvalue weighted by Crippen LogP contribution is 2.23. The normalized spacial score (nSPS) is 11.2. The molecule has 0 fully saturated rings. The molecule has 0 atom stereocenters. The number of benzene rings is 1. The Morgan fingerprint density at radius 2 is 1.77 bits per heavy atom. The van der Waals surface area contributed by atoms with E-state index >= 15 is 0 Å². The Labute approximate surface area is 135 Å². The lowest BCUT2D eigenvalue weighted by atomic mass is 10.3. The molecule has 8 heteroatoms. The Morgan fingerprint density at radius 1 is 1.09 bits per heavy atom. The molecular weight excluding hydrogens is 324 g/mol. The van der Waals surface area contributed by atoms with Crippen molar-refractivity contribution < 1.29 is 8.42 Å². The molecule has 0 amide bonds. The second-order valence-corrected chi connectivity index (χ2v) is 6.93. The van der Waals surface area contributed by atoms with E-state index in [0.717, 1.165) is 6.42 Å². The van der Waals surface area contributed by atoms with E-state index in [2.05, 4.69) is 20.2 Å². The van der Waals surface area contributed by atoms with Crippen LogP contribution in [0.5, 0.6) is 0 Å². The first-order valence-electron chi connectivity index (χ1n) is 6.86. The highest BCUT2D eigenvalue weighted by atomic mass is 35.5. The summed E-state index contributed by atoms with van der Waals surface area (Å²) in [5.41, 5.74) is 0.703. The van der Waals surface area contributed by atoms with Crippen molar-refractivity contribution in [2.45, 2.75) is 19.8 Å². The number of hydrogen-bond donors (Lipinski definition) is 2. The highest BCUT2D eigenvalue weighted by Gasteiger charge is 2.10. The Morgan fingerprint density at radius 3 is 2.41 bits per heavy atom. The van der Waals surface area contributed by atoms with Crippen LogP contribution in [0.2, 0.25) is 5.02 Å². The maximum absolute atomic E-state index is 11.8. The van der Waals surface area contributed by atoms with Gasteiger partial charge in [-0.3, -0.25) is 4.72 Å². The predicted octanol–water partition coefficient (Wildman–Crippen LogP) is 3.42. The van der Waals surface area contributed by atoms with Gasteiger partial charge in [0.25, 0.3) is 0 Å². The smallest absolute Gasteiger partial charge is 0.233 e. The summed E-state index contributed by atoms with van der Waals surface area (Å²) in [5.74, 6) is 0.746. The first-order chi connectivity index (χ1) is 10.5. The number of anilines is 3. The van der Waals surface area contributed by atoms with Gasteiger partial charge in [-0.05, 0) is 30.7 Å². The molecule has 0 saturated carbocycles. The van der Waals surface area contributed by atoms with E-state index in [1.807, 2.05) is 25.1 Å². The fraction of sp³-hybridized carbons (Fsp3) is 0.286. The molecule has 1 heterocycles. The second kappa shape index (κ2) is 7.42. The van der Waals surface area contributed by atoms with Crippen LogP contribution in [0.3, 0.4) is 0 Å². The van der Waals surface area contributed by atoms with Crippen LogP contribution >= 0.6 is 11.6 Å². The third-order valence-electron chi connectivity index (χ3n) is 2.83. The third kappa shape index (κ3) is 4.85. The van der Waals surface area contributed by atoms with Crippen molar-refractivity contribution in [2.75, 3.05) is 15.8 Å². The predicted molar refractivity (Wildman–Crippen MR) is 89.1 cm³/mol. The van der Waals surface area contributed by atoms with E-state index in [1.54, 1.807) is 18.2 Å². The molecule has 118 valence electrons. The van der Waals surface area contributed by atoms with Gasteiger partial charge in [0.2, 0.25) is 10.0 Å². The van der Waals surface area contributed by atoms with Crippen LogP contribution in [-0.4, -0.2) is 24.4 Å². The van der Waals surface area contributed by atoms with Crippen molar-refractivity contribution in [1.82, 2.24) is 10.2 Å². The quantitative estimate of drug-likeness (QED) is 0.806. The van der Waals surface area contributed by atoms with Crippen molar-refractivity contribution in [3.05, 3.63) is 41.4 Å². The Hall–Kier alpha value is -1.86. The number of nitrogens with zero attached hydrogens (tertiary/aromatic N) is 2. The molecule has 0 bridgehead atoms. The van der Waals surface area contributed by atoms with Gasteiger partial charge in [-0.15, -0.1) is 10.2 Å². The average Bonchev–Trinajstić information content (AvgIpc) is 2.49. The Kier molecular flexibility index (Phi) is 5.57. The van der Waals surface area contributed by atoms with Crippen LogP contribution in [0, 0.1) is 0 Å². The van der Waals surface area contributed by atoms with Gasteiger partial charge < -0.3 is 5.32 Å². The lowest BCUT2D eigenvalue weighted by Crippen LogP contribution is -2.17. The van der Waals surface area contributed by atoms with Crippen LogP contribution in [0.25, 0.3) is 0 Å². The maximum atomic E-state index is 11.8. The Balaban J connectivity index is 2.03. The lowest BCUT2D eigenvalue weighted by molar-refractivity contribution is 0.597. The number of aromatic nitrogens is 2. The van der Waals surface area contributed by atoms with Gasteiger partial charge in [0.15, 0.2) is 11.6 Å². The second-order valence-electron chi connectivity index (χ2n) is 4.68. The summed E-state index contributed by atoms with van der Waals surface area (Å²) < 4.78 is 25.9. The van der Waals surface area contributed by atoms with Crippen LogP contribution < -0.4 is 10.0 Å². The zero-order chi connectivity index (χ0) is 16.0. The summed E-state index contributed by atoms with van der Waals surface area (Å²) >= 11 is 6.04. The highest BCUT2D eigenvalue weighted by molar-refractivity contribution is 7.92. The molecule has 2 rings (SSSR count). The summed E-state index contributed by atoms with van der Waals surface area (Å²) in [5, 5.41) is 11.4. The number of para-hydroxylation sites is 1. The van der Waals surface area contributed by atoms with E-state index in [9.17, 15) is 8.42 Å². The molecule has 0 saturated heterocycles. The van der Waals surface area contributed by atoms with Crippen molar-refractivity contribution in [2.24, 2.45) is 0 Å². The number of nitrogens with one attached hydrogen (secondary N) is 2. The minimum atomic E-state index is -3.37. The summed E-state index contributed by atoms with van der Waals surface area (Å²) in [4.78, 5) is 0. The molecule has 0 aliphatic carbocycles. The van der Waals surface area contributed by atoms with Crippen LogP contribution in [0.15, 0.2) is 36.4 Å². The monoisotopic (exact) mass is 340 g/mol. The average molecular weight is 341 g/mol. The van der Waals surface area contributed by atoms with Crippen molar-refractivity contribution in [3.63, 3.8) is 0 Å². The third-order valence-corrected chi connectivity index (χ3v) is 4.50. The molecule has 1 aromatic carbocycles. The van der Waals surface area contributed by atoms with E-state index in [1.165, 1.54) is 0 Å². The van der Waals surface area contributed by atoms with Gasteiger partial charge in [0.1, 0.15) is 0 Å². The van der Waals surface area contributed by atoms with Crippen molar-refractivity contribution in [3.8, 4) is 0 Å². The van der Waals surface area contributed by atoms with Gasteiger partial charge in [0, 0.05) is 0 Å².